The van der Waals surface area contributed by atoms with E-state index in [0.29, 0.717) is 16.8 Å². The number of benzene rings is 2. The van der Waals surface area contributed by atoms with Crippen molar-refractivity contribution < 1.29 is 10.0 Å². The van der Waals surface area contributed by atoms with E-state index in [2.05, 4.69) is 4.99 Å². The third kappa shape index (κ3) is 2.97. The molecule has 0 bridgehead atoms. The van der Waals surface area contributed by atoms with Crippen LogP contribution in [0.25, 0.3) is 0 Å². The van der Waals surface area contributed by atoms with Gasteiger partial charge in [-0.1, -0.05) is 0 Å². The van der Waals surface area contributed by atoms with Gasteiger partial charge in [0.2, 0.25) is 0 Å². The van der Waals surface area contributed by atoms with Gasteiger partial charge in [-0.2, -0.15) is 5.26 Å². The molecule has 6 heteroatoms. The van der Waals surface area contributed by atoms with Crippen molar-refractivity contribution >= 4 is 17.6 Å². The lowest BCUT2D eigenvalue weighted by Gasteiger charge is -1.98. The highest BCUT2D eigenvalue weighted by Gasteiger charge is 2.12. The van der Waals surface area contributed by atoms with Crippen molar-refractivity contribution in [2.24, 2.45) is 4.99 Å². The Kier molecular flexibility index (Phi) is 3.72. The van der Waals surface area contributed by atoms with Crippen LogP contribution in [-0.2, 0) is 0 Å². The Labute approximate surface area is 114 Å². The molecule has 1 N–H and O–H groups in total. The molecule has 0 unspecified atom stereocenters. The number of nitrogens with zero attached hydrogens (tertiary/aromatic N) is 3. The van der Waals surface area contributed by atoms with Crippen LogP contribution in [0, 0.1) is 21.4 Å². The second-order valence-corrected chi connectivity index (χ2v) is 3.92. The highest BCUT2D eigenvalue weighted by atomic mass is 16.6. The molecule has 0 amide bonds. The second-order valence-electron chi connectivity index (χ2n) is 3.92. The normalized spacial score (nSPS) is 10.3. The van der Waals surface area contributed by atoms with Gasteiger partial charge in [0.1, 0.15) is 0 Å². The van der Waals surface area contributed by atoms with Gasteiger partial charge in [-0.3, -0.25) is 15.1 Å². The van der Waals surface area contributed by atoms with E-state index in [4.69, 9.17) is 5.26 Å². The van der Waals surface area contributed by atoms with Crippen LogP contribution in [0.4, 0.5) is 11.4 Å². The molecule has 98 valence electrons. The third-order valence-electron chi connectivity index (χ3n) is 2.56. The number of hydrogen-bond acceptors (Lipinski definition) is 5. The van der Waals surface area contributed by atoms with Crippen molar-refractivity contribution in [1.82, 2.24) is 0 Å². The summed E-state index contributed by atoms with van der Waals surface area (Å²) in [7, 11) is 0. The first-order valence-corrected chi connectivity index (χ1v) is 5.62. The van der Waals surface area contributed by atoms with Gasteiger partial charge in [0.15, 0.2) is 5.75 Å². The minimum atomic E-state index is -0.658. The molecule has 0 aliphatic heterocycles. The third-order valence-corrected chi connectivity index (χ3v) is 2.56. The monoisotopic (exact) mass is 267 g/mol. The van der Waals surface area contributed by atoms with Crippen molar-refractivity contribution in [3.05, 3.63) is 63.7 Å². The average Bonchev–Trinajstić information content (AvgIpc) is 2.46. The fourth-order valence-electron chi connectivity index (χ4n) is 1.54. The topological polar surface area (TPSA) is 99.5 Å². The highest BCUT2D eigenvalue weighted by Crippen LogP contribution is 2.25. The molecule has 0 aliphatic carbocycles. The van der Waals surface area contributed by atoms with E-state index in [1.165, 1.54) is 24.4 Å². The van der Waals surface area contributed by atoms with Crippen LogP contribution in [0.1, 0.15) is 11.1 Å². The largest absolute Gasteiger partial charge is 0.502 e. The van der Waals surface area contributed by atoms with E-state index < -0.39 is 4.92 Å². The first-order chi connectivity index (χ1) is 9.60. The Hall–Kier alpha value is -3.20. The number of aliphatic imine (C=N–C) groups is 1. The lowest BCUT2D eigenvalue weighted by atomic mass is 10.2. The molecule has 6 nitrogen and oxygen atoms in total. The maximum absolute atomic E-state index is 10.7. The zero-order valence-electron chi connectivity index (χ0n) is 10.2. The molecule has 2 aromatic rings. The Morgan fingerprint density at radius 3 is 2.55 bits per heavy atom. The fourth-order valence-corrected chi connectivity index (χ4v) is 1.54. The summed E-state index contributed by atoms with van der Waals surface area (Å²) in [5, 5.41) is 28.7. The number of nitro benzene ring substituents is 1. The van der Waals surface area contributed by atoms with Crippen molar-refractivity contribution in [3.63, 3.8) is 0 Å². The van der Waals surface area contributed by atoms with Crippen LogP contribution >= 0.6 is 0 Å². The Balaban J connectivity index is 2.25. The standard InChI is InChI=1S/C14H9N3O3/c15-8-10-1-4-12(5-2-10)16-9-11-3-6-14(18)13(7-11)17(19)20/h1-7,9,18H. The first kappa shape index (κ1) is 13.2. The quantitative estimate of drug-likeness (QED) is 0.525. The van der Waals surface area contributed by atoms with Gasteiger partial charge >= 0.3 is 5.69 Å². The minimum Gasteiger partial charge on any atom is -0.502 e. The number of phenolic OH excluding ortho intramolecular Hbond substituents is 1. The van der Waals surface area contributed by atoms with Gasteiger partial charge < -0.3 is 5.11 Å². The number of rotatable bonds is 3. The smallest absolute Gasteiger partial charge is 0.311 e. The minimum absolute atomic E-state index is 0.367. The summed E-state index contributed by atoms with van der Waals surface area (Å²) in [6.07, 6.45) is 1.45. The SMILES string of the molecule is N#Cc1ccc(N=Cc2ccc(O)c([N+](=O)[O-])c2)cc1. The molecule has 20 heavy (non-hydrogen) atoms. The van der Waals surface area contributed by atoms with E-state index in [1.807, 2.05) is 6.07 Å². The number of nitriles is 1. The number of aromatic hydroxyl groups is 1. The van der Waals surface area contributed by atoms with Crippen LogP contribution in [-0.4, -0.2) is 16.2 Å². The Bertz CT molecular complexity index is 715. The molecule has 0 fully saturated rings. The highest BCUT2D eigenvalue weighted by molar-refractivity contribution is 5.83. The van der Waals surface area contributed by atoms with Crippen LogP contribution < -0.4 is 0 Å². The zero-order chi connectivity index (χ0) is 14.5. The molecule has 0 aromatic heterocycles. The van der Waals surface area contributed by atoms with E-state index in [9.17, 15) is 15.2 Å². The van der Waals surface area contributed by atoms with Gasteiger partial charge in [-0.15, -0.1) is 0 Å². The number of hydrogen-bond donors (Lipinski definition) is 1. The summed E-state index contributed by atoms with van der Waals surface area (Å²) in [6, 6.07) is 12.6. The van der Waals surface area contributed by atoms with Crippen LogP contribution in [0.2, 0.25) is 0 Å². The molecule has 0 radical (unpaired) electrons. The summed E-state index contributed by atoms with van der Waals surface area (Å²) >= 11 is 0. The van der Waals surface area contributed by atoms with Gasteiger partial charge in [-0.05, 0) is 42.0 Å². The predicted octanol–water partition coefficient (Wildman–Crippen LogP) is 2.92. The van der Waals surface area contributed by atoms with Gasteiger partial charge in [0, 0.05) is 12.3 Å². The van der Waals surface area contributed by atoms with Crippen LogP contribution in [0.3, 0.4) is 0 Å². The fraction of sp³-hybridized carbons (Fsp3) is 0. The summed E-state index contributed by atoms with van der Waals surface area (Å²) < 4.78 is 0. The molecule has 2 aromatic carbocycles. The van der Waals surface area contributed by atoms with Crippen molar-refractivity contribution in [2.75, 3.05) is 0 Å². The Morgan fingerprint density at radius 1 is 1.25 bits per heavy atom. The summed E-state index contributed by atoms with van der Waals surface area (Å²) in [4.78, 5) is 14.2. The van der Waals surface area contributed by atoms with Crippen molar-refractivity contribution in [3.8, 4) is 11.8 Å². The number of phenols is 1. The van der Waals surface area contributed by atoms with E-state index in [0.717, 1.165) is 0 Å². The van der Waals surface area contributed by atoms with Gasteiger partial charge in [-0.25, -0.2) is 0 Å². The average molecular weight is 267 g/mol. The molecule has 0 saturated heterocycles. The van der Waals surface area contributed by atoms with Crippen molar-refractivity contribution in [2.45, 2.75) is 0 Å². The van der Waals surface area contributed by atoms with Crippen LogP contribution in [0.5, 0.6) is 5.75 Å². The van der Waals surface area contributed by atoms with Gasteiger partial charge in [0.05, 0.1) is 22.2 Å². The molecule has 0 aliphatic rings. The lowest BCUT2D eigenvalue weighted by Crippen LogP contribution is -1.90. The molecular formula is C14H9N3O3. The molecule has 0 atom stereocenters. The summed E-state index contributed by atoms with van der Waals surface area (Å²) in [6.45, 7) is 0. The maximum atomic E-state index is 10.7. The first-order valence-electron chi connectivity index (χ1n) is 5.62. The zero-order valence-corrected chi connectivity index (χ0v) is 10.2. The maximum Gasteiger partial charge on any atom is 0.311 e. The summed E-state index contributed by atoms with van der Waals surface area (Å²) in [5.41, 5.74) is 1.29. The molecule has 0 heterocycles. The predicted molar refractivity (Wildman–Crippen MR) is 73.2 cm³/mol. The van der Waals surface area contributed by atoms with E-state index in [1.54, 1.807) is 24.3 Å². The molecular weight excluding hydrogens is 258 g/mol. The second kappa shape index (κ2) is 5.63. The lowest BCUT2D eigenvalue weighted by molar-refractivity contribution is -0.385. The van der Waals surface area contributed by atoms with Crippen molar-refractivity contribution in [1.29, 1.82) is 5.26 Å². The van der Waals surface area contributed by atoms with Crippen LogP contribution in [0.15, 0.2) is 47.5 Å². The number of nitro groups is 1. The van der Waals surface area contributed by atoms with E-state index in [-0.39, 0.29) is 11.4 Å². The van der Waals surface area contributed by atoms with Gasteiger partial charge in [0.25, 0.3) is 0 Å². The molecule has 2 rings (SSSR count). The molecule has 0 saturated carbocycles. The molecule has 0 spiro atoms. The summed E-state index contributed by atoms with van der Waals surface area (Å²) in [5.74, 6) is -0.384. The van der Waals surface area contributed by atoms with E-state index >= 15 is 0 Å². The Morgan fingerprint density at radius 2 is 1.95 bits per heavy atom.